The first-order valence-electron chi connectivity index (χ1n) is 11.1. The Morgan fingerprint density at radius 3 is 1.91 bits per heavy atom. The first-order chi connectivity index (χ1) is 16.0. The van der Waals surface area contributed by atoms with Gasteiger partial charge in [-0.2, -0.15) is 0 Å². The minimum atomic E-state index is -1.15. The summed E-state index contributed by atoms with van der Waals surface area (Å²) in [5, 5.41) is 5.87. The highest BCUT2D eigenvalue weighted by atomic mass is 16.2. The van der Waals surface area contributed by atoms with Gasteiger partial charge in [0.1, 0.15) is 12.1 Å². The van der Waals surface area contributed by atoms with E-state index in [1.807, 2.05) is 97.9 Å². The lowest BCUT2D eigenvalue weighted by atomic mass is 9.85. The van der Waals surface area contributed by atoms with Crippen LogP contribution in [-0.2, 0) is 15.1 Å². The van der Waals surface area contributed by atoms with Gasteiger partial charge in [-0.3, -0.25) is 14.5 Å². The summed E-state index contributed by atoms with van der Waals surface area (Å²) in [6.07, 6.45) is 1.15. The highest BCUT2D eigenvalue weighted by molar-refractivity contribution is 6.09. The van der Waals surface area contributed by atoms with Crippen LogP contribution in [-0.4, -0.2) is 29.3 Å². The number of hydrogen-bond acceptors (Lipinski definition) is 3. The molecule has 3 aromatic carbocycles. The minimum absolute atomic E-state index is 0.348. The maximum absolute atomic E-state index is 13.5. The lowest BCUT2D eigenvalue weighted by molar-refractivity contribution is -0.135. The number of carbonyl (C=O) groups is 3. The summed E-state index contributed by atoms with van der Waals surface area (Å²) in [5.41, 5.74) is 1.41. The Balaban J connectivity index is 1.56. The lowest BCUT2D eigenvalue weighted by Crippen LogP contribution is -2.45. The number of hydrogen-bond donors (Lipinski definition) is 2. The third kappa shape index (κ3) is 4.51. The van der Waals surface area contributed by atoms with Gasteiger partial charge in [0, 0.05) is 0 Å². The van der Waals surface area contributed by atoms with Crippen molar-refractivity contribution in [2.45, 2.75) is 31.3 Å². The summed E-state index contributed by atoms with van der Waals surface area (Å²) in [7, 11) is 0. The van der Waals surface area contributed by atoms with Gasteiger partial charge in [0.2, 0.25) is 5.91 Å². The van der Waals surface area contributed by atoms with E-state index in [9.17, 15) is 14.4 Å². The molecular formula is C27H27N3O3. The van der Waals surface area contributed by atoms with Gasteiger partial charge in [0.15, 0.2) is 0 Å². The van der Waals surface area contributed by atoms with Crippen LogP contribution in [0.4, 0.5) is 4.79 Å². The van der Waals surface area contributed by atoms with Gasteiger partial charge in [0.25, 0.3) is 5.91 Å². The van der Waals surface area contributed by atoms with Crippen molar-refractivity contribution in [3.05, 3.63) is 108 Å². The third-order valence-corrected chi connectivity index (χ3v) is 5.94. The fourth-order valence-corrected chi connectivity index (χ4v) is 4.38. The predicted molar refractivity (Wildman–Crippen MR) is 126 cm³/mol. The van der Waals surface area contributed by atoms with E-state index in [-0.39, 0.29) is 6.54 Å². The van der Waals surface area contributed by atoms with E-state index in [1.54, 1.807) is 0 Å². The summed E-state index contributed by atoms with van der Waals surface area (Å²) < 4.78 is 0. The molecule has 0 aliphatic carbocycles. The summed E-state index contributed by atoms with van der Waals surface area (Å²) >= 11 is 0. The van der Waals surface area contributed by atoms with E-state index < -0.39 is 29.4 Å². The average molecular weight is 442 g/mol. The number of imide groups is 1. The highest BCUT2D eigenvalue weighted by Crippen LogP contribution is 2.33. The van der Waals surface area contributed by atoms with Crippen LogP contribution < -0.4 is 10.6 Å². The molecule has 1 aliphatic heterocycles. The maximum atomic E-state index is 13.5. The van der Waals surface area contributed by atoms with Crippen molar-refractivity contribution in [2.75, 3.05) is 6.54 Å². The molecule has 0 bridgehead atoms. The first kappa shape index (κ1) is 22.3. The molecule has 1 unspecified atom stereocenters. The number of nitrogens with zero attached hydrogens (tertiary/aromatic N) is 1. The maximum Gasteiger partial charge on any atom is 0.325 e. The van der Waals surface area contributed by atoms with Crippen molar-refractivity contribution in [1.29, 1.82) is 0 Å². The summed E-state index contributed by atoms with van der Waals surface area (Å²) in [4.78, 5) is 40.4. The van der Waals surface area contributed by atoms with E-state index >= 15 is 0 Å². The molecule has 1 aliphatic rings. The van der Waals surface area contributed by atoms with E-state index in [0.717, 1.165) is 21.6 Å². The summed E-state index contributed by atoms with van der Waals surface area (Å²) in [6, 6.07) is 27.5. The Kier molecular flexibility index (Phi) is 6.54. The zero-order chi connectivity index (χ0) is 23.3. The van der Waals surface area contributed by atoms with Crippen molar-refractivity contribution >= 4 is 17.8 Å². The Morgan fingerprint density at radius 1 is 0.879 bits per heavy atom. The van der Waals surface area contributed by atoms with E-state index in [4.69, 9.17) is 0 Å². The number of urea groups is 1. The van der Waals surface area contributed by atoms with Crippen LogP contribution in [0.3, 0.4) is 0 Å². The summed E-state index contributed by atoms with van der Waals surface area (Å²) in [5.74, 6) is -0.803. The number of carbonyl (C=O) groups excluding carboxylic acids is 3. The number of benzene rings is 3. The van der Waals surface area contributed by atoms with Crippen LogP contribution in [0.1, 0.15) is 42.5 Å². The predicted octanol–water partition coefficient (Wildman–Crippen LogP) is 4.14. The van der Waals surface area contributed by atoms with Crippen LogP contribution in [0, 0.1) is 0 Å². The monoisotopic (exact) mass is 441 g/mol. The fraction of sp³-hybridized carbons (Fsp3) is 0.222. The lowest BCUT2D eigenvalue weighted by Gasteiger charge is -2.27. The fourth-order valence-electron chi connectivity index (χ4n) is 4.38. The molecule has 1 heterocycles. The van der Waals surface area contributed by atoms with Gasteiger partial charge >= 0.3 is 6.03 Å². The van der Waals surface area contributed by atoms with Gasteiger partial charge in [0.05, 0.1) is 6.04 Å². The molecule has 0 saturated carbocycles. The van der Waals surface area contributed by atoms with Gasteiger partial charge in [-0.1, -0.05) is 104 Å². The quantitative estimate of drug-likeness (QED) is 0.516. The normalized spacial score (nSPS) is 17.8. The van der Waals surface area contributed by atoms with Crippen molar-refractivity contribution in [3.63, 3.8) is 0 Å². The highest BCUT2D eigenvalue weighted by Gasteiger charge is 2.52. The molecule has 6 nitrogen and oxygen atoms in total. The zero-order valence-electron chi connectivity index (χ0n) is 18.5. The molecular weight excluding hydrogens is 414 g/mol. The largest absolute Gasteiger partial charge is 0.344 e. The Labute approximate surface area is 193 Å². The van der Waals surface area contributed by atoms with E-state index in [2.05, 4.69) is 10.6 Å². The Hall–Kier alpha value is -3.93. The molecule has 4 rings (SSSR count). The smallest absolute Gasteiger partial charge is 0.325 e. The van der Waals surface area contributed by atoms with Crippen molar-refractivity contribution in [3.8, 4) is 0 Å². The molecule has 1 fully saturated rings. The zero-order valence-corrected chi connectivity index (χ0v) is 18.5. The van der Waals surface area contributed by atoms with Gasteiger partial charge in [-0.25, -0.2) is 4.79 Å². The van der Waals surface area contributed by atoms with Crippen LogP contribution in [0.15, 0.2) is 91.0 Å². The molecule has 0 radical (unpaired) electrons. The minimum Gasteiger partial charge on any atom is -0.344 e. The SMILES string of the molecule is CCCC1(c2ccccc2)NC(=O)N(CC(=O)NC(c2ccccc2)c2ccccc2)C1=O. The molecule has 33 heavy (non-hydrogen) atoms. The molecule has 168 valence electrons. The second-order valence-corrected chi connectivity index (χ2v) is 8.16. The second kappa shape index (κ2) is 9.69. The van der Waals surface area contributed by atoms with Crippen LogP contribution in [0.25, 0.3) is 0 Å². The van der Waals surface area contributed by atoms with Gasteiger partial charge in [-0.05, 0) is 23.1 Å². The average Bonchev–Trinajstić information content (AvgIpc) is 3.09. The molecule has 2 N–H and O–H groups in total. The van der Waals surface area contributed by atoms with Crippen LogP contribution in [0.2, 0.25) is 0 Å². The standard InChI is InChI=1S/C27H27N3O3/c1-2-18-27(22-16-10-5-11-17-22)25(32)30(26(33)29-27)19-23(31)28-24(20-12-6-3-7-13-20)21-14-8-4-9-15-21/h3-17,24H,2,18-19H2,1H3,(H,28,31)(H,29,33). The third-order valence-electron chi connectivity index (χ3n) is 5.94. The number of rotatable bonds is 8. The molecule has 0 spiro atoms. The molecule has 4 amide bonds. The molecule has 3 aromatic rings. The second-order valence-electron chi connectivity index (χ2n) is 8.16. The molecule has 6 heteroatoms. The first-order valence-corrected chi connectivity index (χ1v) is 11.1. The Morgan fingerprint density at radius 2 is 1.39 bits per heavy atom. The van der Waals surface area contributed by atoms with E-state index in [0.29, 0.717) is 12.8 Å². The van der Waals surface area contributed by atoms with Gasteiger partial charge < -0.3 is 10.6 Å². The van der Waals surface area contributed by atoms with Gasteiger partial charge in [-0.15, -0.1) is 0 Å². The van der Waals surface area contributed by atoms with Crippen molar-refractivity contribution in [1.82, 2.24) is 15.5 Å². The molecule has 0 aromatic heterocycles. The van der Waals surface area contributed by atoms with E-state index in [1.165, 1.54) is 0 Å². The van der Waals surface area contributed by atoms with Crippen LogP contribution in [0.5, 0.6) is 0 Å². The Bertz CT molecular complexity index is 1080. The summed E-state index contributed by atoms with van der Waals surface area (Å²) in [6.45, 7) is 1.61. The van der Waals surface area contributed by atoms with Crippen LogP contribution >= 0.6 is 0 Å². The topological polar surface area (TPSA) is 78.5 Å². The van der Waals surface area contributed by atoms with Crippen molar-refractivity contribution in [2.24, 2.45) is 0 Å². The van der Waals surface area contributed by atoms with Crippen molar-refractivity contribution < 1.29 is 14.4 Å². The number of amides is 4. The number of nitrogens with one attached hydrogen (secondary N) is 2. The molecule has 1 saturated heterocycles. The molecule has 1 atom stereocenters.